The van der Waals surface area contributed by atoms with Gasteiger partial charge in [-0.3, -0.25) is 4.40 Å². The second-order valence-electron chi connectivity index (χ2n) is 4.35. The Hall–Kier alpha value is -1.92. The summed E-state index contributed by atoms with van der Waals surface area (Å²) in [5, 5.41) is 2.82. The SMILES string of the molecule is O=c1oc2ccc(Br)cc2cc1-c1cn2ccsc2n1. The normalized spacial score (nSPS) is 11.4. The molecule has 0 atom stereocenters. The number of thiazole rings is 1. The van der Waals surface area contributed by atoms with Crippen molar-refractivity contribution >= 4 is 43.2 Å². The first-order valence-electron chi connectivity index (χ1n) is 5.87. The standard InChI is InChI=1S/C14H7BrN2O2S/c15-9-1-2-12-8(5-9)6-10(13(18)19-12)11-7-17-3-4-20-14(17)16-11/h1-7H. The molecule has 0 radical (unpaired) electrons. The van der Waals surface area contributed by atoms with Crippen LogP contribution in [0.5, 0.6) is 0 Å². The smallest absolute Gasteiger partial charge is 0.345 e. The fraction of sp³-hybridized carbons (Fsp3) is 0. The Labute approximate surface area is 125 Å². The first-order valence-corrected chi connectivity index (χ1v) is 7.54. The van der Waals surface area contributed by atoms with E-state index in [2.05, 4.69) is 20.9 Å². The molecule has 0 N–H and O–H groups in total. The van der Waals surface area contributed by atoms with Gasteiger partial charge in [0, 0.05) is 27.6 Å². The van der Waals surface area contributed by atoms with Crippen LogP contribution in [0.3, 0.4) is 0 Å². The number of hydrogen-bond acceptors (Lipinski definition) is 4. The van der Waals surface area contributed by atoms with Crippen molar-refractivity contribution in [3.63, 3.8) is 0 Å². The van der Waals surface area contributed by atoms with Crippen molar-refractivity contribution in [2.75, 3.05) is 0 Å². The van der Waals surface area contributed by atoms with Crippen LogP contribution in [-0.2, 0) is 0 Å². The molecule has 0 unspecified atom stereocenters. The molecule has 0 saturated heterocycles. The van der Waals surface area contributed by atoms with Gasteiger partial charge < -0.3 is 4.42 Å². The molecule has 98 valence electrons. The third kappa shape index (κ3) is 1.80. The van der Waals surface area contributed by atoms with Crippen LogP contribution < -0.4 is 5.63 Å². The summed E-state index contributed by atoms with van der Waals surface area (Å²) in [6, 6.07) is 7.35. The molecule has 4 rings (SSSR count). The van der Waals surface area contributed by atoms with Gasteiger partial charge in [-0.15, -0.1) is 11.3 Å². The molecule has 0 aliphatic carbocycles. The predicted molar refractivity (Wildman–Crippen MR) is 82.2 cm³/mol. The molecule has 6 heteroatoms. The van der Waals surface area contributed by atoms with Gasteiger partial charge in [0.2, 0.25) is 0 Å². The average molecular weight is 347 g/mol. The van der Waals surface area contributed by atoms with E-state index in [0.717, 1.165) is 14.8 Å². The van der Waals surface area contributed by atoms with Crippen LogP contribution in [0.1, 0.15) is 0 Å². The van der Waals surface area contributed by atoms with Crippen molar-refractivity contribution in [1.82, 2.24) is 9.38 Å². The van der Waals surface area contributed by atoms with E-state index in [-0.39, 0.29) is 5.63 Å². The Kier molecular flexibility index (Phi) is 2.55. The van der Waals surface area contributed by atoms with E-state index < -0.39 is 0 Å². The highest BCUT2D eigenvalue weighted by atomic mass is 79.9. The lowest BCUT2D eigenvalue weighted by molar-refractivity contribution is 0.563. The molecule has 3 heterocycles. The molecule has 4 aromatic rings. The summed E-state index contributed by atoms with van der Waals surface area (Å²) in [6.45, 7) is 0. The summed E-state index contributed by atoms with van der Waals surface area (Å²) >= 11 is 4.94. The van der Waals surface area contributed by atoms with Crippen molar-refractivity contribution < 1.29 is 4.42 Å². The highest BCUT2D eigenvalue weighted by molar-refractivity contribution is 9.10. The van der Waals surface area contributed by atoms with E-state index in [1.54, 1.807) is 6.07 Å². The number of rotatable bonds is 1. The van der Waals surface area contributed by atoms with Crippen molar-refractivity contribution in [3.05, 3.63) is 56.9 Å². The lowest BCUT2D eigenvalue weighted by Gasteiger charge is -2.00. The Morgan fingerprint density at radius 2 is 2.20 bits per heavy atom. The Bertz CT molecular complexity index is 971. The maximum absolute atomic E-state index is 12.1. The molecule has 0 aliphatic rings. The monoisotopic (exact) mass is 346 g/mol. The molecular weight excluding hydrogens is 340 g/mol. The molecule has 0 spiro atoms. The predicted octanol–water partition coefficient (Wildman–Crippen LogP) is 3.93. The third-order valence-electron chi connectivity index (χ3n) is 3.06. The largest absolute Gasteiger partial charge is 0.422 e. The summed E-state index contributed by atoms with van der Waals surface area (Å²) in [4.78, 5) is 17.4. The zero-order chi connectivity index (χ0) is 13.7. The molecule has 3 aromatic heterocycles. The number of nitrogens with zero attached hydrogens (tertiary/aromatic N) is 2. The van der Waals surface area contributed by atoms with E-state index in [4.69, 9.17) is 4.42 Å². The summed E-state index contributed by atoms with van der Waals surface area (Å²) < 4.78 is 8.19. The topological polar surface area (TPSA) is 47.5 Å². The van der Waals surface area contributed by atoms with Gasteiger partial charge in [0.15, 0.2) is 4.96 Å². The van der Waals surface area contributed by atoms with Crippen LogP contribution in [0.2, 0.25) is 0 Å². The van der Waals surface area contributed by atoms with Gasteiger partial charge in [0.25, 0.3) is 0 Å². The van der Waals surface area contributed by atoms with Crippen LogP contribution in [0.25, 0.3) is 27.2 Å². The molecule has 0 fully saturated rings. The second kappa shape index (κ2) is 4.29. The lowest BCUT2D eigenvalue weighted by atomic mass is 10.1. The van der Waals surface area contributed by atoms with E-state index in [1.165, 1.54) is 11.3 Å². The number of imidazole rings is 1. The van der Waals surface area contributed by atoms with E-state index >= 15 is 0 Å². The van der Waals surface area contributed by atoms with Gasteiger partial charge in [-0.25, -0.2) is 9.78 Å². The molecule has 4 nitrogen and oxygen atoms in total. The molecule has 0 bridgehead atoms. The van der Waals surface area contributed by atoms with Crippen LogP contribution in [0.4, 0.5) is 0 Å². The van der Waals surface area contributed by atoms with Crippen LogP contribution in [0.15, 0.2) is 55.7 Å². The molecule has 20 heavy (non-hydrogen) atoms. The quantitative estimate of drug-likeness (QED) is 0.490. The number of fused-ring (bicyclic) bond motifs is 2. The van der Waals surface area contributed by atoms with Crippen LogP contribution in [0, 0.1) is 0 Å². The zero-order valence-corrected chi connectivity index (χ0v) is 12.4. The minimum Gasteiger partial charge on any atom is -0.422 e. The molecule has 0 amide bonds. The summed E-state index contributed by atoms with van der Waals surface area (Å²) in [5.74, 6) is 0. The van der Waals surface area contributed by atoms with Gasteiger partial charge in [0.1, 0.15) is 5.58 Å². The fourth-order valence-corrected chi connectivity index (χ4v) is 3.21. The number of aromatic nitrogens is 2. The van der Waals surface area contributed by atoms with Gasteiger partial charge in [-0.1, -0.05) is 15.9 Å². The third-order valence-corrected chi connectivity index (χ3v) is 4.33. The Morgan fingerprint density at radius 1 is 1.30 bits per heavy atom. The molecule has 0 saturated carbocycles. The summed E-state index contributed by atoms with van der Waals surface area (Å²) in [6.07, 6.45) is 3.75. The lowest BCUT2D eigenvalue weighted by Crippen LogP contribution is -2.02. The van der Waals surface area contributed by atoms with Gasteiger partial charge in [-0.2, -0.15) is 0 Å². The van der Waals surface area contributed by atoms with Gasteiger partial charge in [0.05, 0.1) is 11.3 Å². The highest BCUT2D eigenvalue weighted by Crippen LogP contribution is 2.24. The van der Waals surface area contributed by atoms with Crippen molar-refractivity contribution in [2.24, 2.45) is 0 Å². The average Bonchev–Trinajstić information content (AvgIpc) is 2.99. The van der Waals surface area contributed by atoms with Gasteiger partial charge in [-0.05, 0) is 24.3 Å². The maximum atomic E-state index is 12.1. The first kappa shape index (κ1) is 11.9. The molecule has 0 aliphatic heterocycles. The number of halogens is 1. The second-order valence-corrected chi connectivity index (χ2v) is 6.14. The van der Waals surface area contributed by atoms with Crippen molar-refractivity contribution in [2.45, 2.75) is 0 Å². The molecular formula is C14H7BrN2O2S. The first-order chi connectivity index (χ1) is 9.70. The van der Waals surface area contributed by atoms with E-state index in [1.807, 2.05) is 40.4 Å². The highest BCUT2D eigenvalue weighted by Gasteiger charge is 2.12. The Morgan fingerprint density at radius 3 is 3.05 bits per heavy atom. The maximum Gasteiger partial charge on any atom is 0.345 e. The zero-order valence-electron chi connectivity index (χ0n) is 10.0. The van der Waals surface area contributed by atoms with E-state index in [9.17, 15) is 4.79 Å². The molecule has 1 aromatic carbocycles. The van der Waals surface area contributed by atoms with Crippen LogP contribution in [-0.4, -0.2) is 9.38 Å². The summed E-state index contributed by atoms with van der Waals surface area (Å²) in [5.41, 5.74) is 1.31. The number of benzene rings is 1. The minimum absolute atomic E-state index is 0.370. The van der Waals surface area contributed by atoms with E-state index in [0.29, 0.717) is 16.8 Å². The minimum atomic E-state index is -0.370. The Balaban J connectivity index is 2.00. The summed E-state index contributed by atoms with van der Waals surface area (Å²) in [7, 11) is 0. The number of hydrogen-bond donors (Lipinski definition) is 0. The van der Waals surface area contributed by atoms with Crippen molar-refractivity contribution in [1.29, 1.82) is 0 Å². The van der Waals surface area contributed by atoms with Gasteiger partial charge >= 0.3 is 5.63 Å². The van der Waals surface area contributed by atoms with Crippen molar-refractivity contribution in [3.8, 4) is 11.3 Å². The fourth-order valence-electron chi connectivity index (χ4n) is 2.13. The van der Waals surface area contributed by atoms with Crippen LogP contribution >= 0.6 is 27.3 Å².